The van der Waals surface area contributed by atoms with Crippen LogP contribution in [0, 0.1) is 5.92 Å². The van der Waals surface area contributed by atoms with E-state index in [4.69, 9.17) is 9.41 Å². The fraction of sp³-hybridized carbons (Fsp3) is 0.500. The first kappa shape index (κ1) is 22.7. The van der Waals surface area contributed by atoms with Crippen molar-refractivity contribution in [1.82, 2.24) is 10.2 Å². The van der Waals surface area contributed by atoms with E-state index in [2.05, 4.69) is 47.5 Å². The third-order valence-electron chi connectivity index (χ3n) is 5.20. The van der Waals surface area contributed by atoms with Crippen LogP contribution >= 0.6 is 24.0 Å². The SMILES string of the molecule is CCNC(=NCC(C)(O)c1ccco1)N1CCC(Cc2ccccc2)CC1.I. The Labute approximate surface area is 185 Å². The van der Waals surface area contributed by atoms with E-state index in [9.17, 15) is 5.11 Å². The monoisotopic (exact) mass is 497 g/mol. The predicted molar refractivity (Wildman–Crippen MR) is 124 cm³/mol. The van der Waals surface area contributed by atoms with Crippen molar-refractivity contribution in [3.05, 3.63) is 60.1 Å². The van der Waals surface area contributed by atoms with Crippen LogP contribution in [0.4, 0.5) is 0 Å². The normalized spacial score (nSPS) is 17.7. The molecule has 1 saturated heterocycles. The highest BCUT2D eigenvalue weighted by atomic mass is 127. The van der Waals surface area contributed by atoms with Gasteiger partial charge in [-0.25, -0.2) is 4.99 Å². The Morgan fingerprint density at radius 2 is 1.93 bits per heavy atom. The summed E-state index contributed by atoms with van der Waals surface area (Å²) in [6.07, 6.45) is 5.05. The molecule has 0 radical (unpaired) electrons. The molecule has 1 aromatic heterocycles. The largest absolute Gasteiger partial charge is 0.466 e. The van der Waals surface area contributed by atoms with Gasteiger partial charge in [0, 0.05) is 19.6 Å². The van der Waals surface area contributed by atoms with Gasteiger partial charge in [0.2, 0.25) is 0 Å². The van der Waals surface area contributed by atoms with Gasteiger partial charge in [-0.2, -0.15) is 0 Å². The molecule has 28 heavy (non-hydrogen) atoms. The van der Waals surface area contributed by atoms with E-state index in [1.807, 2.05) is 0 Å². The van der Waals surface area contributed by atoms with Crippen molar-refractivity contribution in [2.75, 3.05) is 26.2 Å². The summed E-state index contributed by atoms with van der Waals surface area (Å²) in [7, 11) is 0. The van der Waals surface area contributed by atoms with Crippen LogP contribution in [0.2, 0.25) is 0 Å². The summed E-state index contributed by atoms with van der Waals surface area (Å²) in [5.74, 6) is 2.14. The van der Waals surface area contributed by atoms with Gasteiger partial charge in [0.15, 0.2) is 5.96 Å². The van der Waals surface area contributed by atoms with Crippen LogP contribution < -0.4 is 5.32 Å². The molecule has 6 heteroatoms. The number of aliphatic hydroxyl groups is 1. The second-order valence-electron chi connectivity index (χ2n) is 7.54. The van der Waals surface area contributed by atoms with Crippen molar-refractivity contribution in [2.24, 2.45) is 10.9 Å². The van der Waals surface area contributed by atoms with Crippen molar-refractivity contribution in [3.8, 4) is 0 Å². The van der Waals surface area contributed by atoms with Gasteiger partial charge in [0.1, 0.15) is 11.4 Å². The van der Waals surface area contributed by atoms with Crippen molar-refractivity contribution < 1.29 is 9.52 Å². The number of hydrogen-bond acceptors (Lipinski definition) is 3. The van der Waals surface area contributed by atoms with Crippen molar-refractivity contribution in [1.29, 1.82) is 0 Å². The zero-order valence-corrected chi connectivity index (χ0v) is 19.1. The Bertz CT molecular complexity index is 709. The van der Waals surface area contributed by atoms with Gasteiger partial charge in [0.25, 0.3) is 0 Å². The number of hydrogen-bond donors (Lipinski definition) is 2. The Hall–Kier alpha value is -1.54. The van der Waals surface area contributed by atoms with Crippen molar-refractivity contribution in [3.63, 3.8) is 0 Å². The van der Waals surface area contributed by atoms with Crippen LogP contribution in [0.3, 0.4) is 0 Å². The summed E-state index contributed by atoms with van der Waals surface area (Å²) in [4.78, 5) is 7.00. The molecule has 5 nitrogen and oxygen atoms in total. The first-order valence-electron chi connectivity index (χ1n) is 9.92. The number of nitrogens with zero attached hydrogens (tertiary/aromatic N) is 2. The molecular formula is C22H32IN3O2. The third-order valence-corrected chi connectivity index (χ3v) is 5.20. The maximum Gasteiger partial charge on any atom is 0.194 e. The predicted octanol–water partition coefficient (Wildman–Crippen LogP) is 4.03. The van der Waals surface area contributed by atoms with E-state index in [-0.39, 0.29) is 30.5 Å². The standard InChI is InChI=1S/C22H31N3O2.HI/c1-3-23-21(24-17-22(2,26)20-10-7-15-27-20)25-13-11-19(12-14-25)16-18-8-5-4-6-9-18;/h4-10,15,19,26H,3,11-14,16-17H2,1-2H3,(H,23,24);1H. The summed E-state index contributed by atoms with van der Waals surface area (Å²) >= 11 is 0. The van der Waals surface area contributed by atoms with E-state index in [1.54, 1.807) is 25.3 Å². The lowest BCUT2D eigenvalue weighted by Gasteiger charge is -2.34. The summed E-state index contributed by atoms with van der Waals surface area (Å²) in [6.45, 7) is 6.88. The number of furan rings is 1. The number of piperidine rings is 1. The second-order valence-corrected chi connectivity index (χ2v) is 7.54. The first-order chi connectivity index (χ1) is 13.1. The lowest BCUT2D eigenvalue weighted by Crippen LogP contribution is -2.46. The van der Waals surface area contributed by atoms with Gasteiger partial charge in [-0.1, -0.05) is 30.3 Å². The smallest absolute Gasteiger partial charge is 0.194 e. The highest BCUT2D eigenvalue weighted by Gasteiger charge is 2.27. The van der Waals surface area contributed by atoms with Gasteiger partial charge in [-0.3, -0.25) is 0 Å². The van der Waals surface area contributed by atoms with E-state index in [0.717, 1.165) is 50.8 Å². The Morgan fingerprint density at radius 1 is 1.21 bits per heavy atom. The fourth-order valence-corrected chi connectivity index (χ4v) is 3.61. The van der Waals surface area contributed by atoms with E-state index < -0.39 is 5.60 Å². The van der Waals surface area contributed by atoms with Crippen LogP contribution in [0.1, 0.15) is 38.0 Å². The summed E-state index contributed by atoms with van der Waals surface area (Å²) in [5.41, 5.74) is 0.321. The average Bonchev–Trinajstić information content (AvgIpc) is 3.23. The first-order valence-corrected chi connectivity index (χ1v) is 9.92. The van der Waals surface area contributed by atoms with Crippen LogP contribution in [-0.4, -0.2) is 42.1 Å². The van der Waals surface area contributed by atoms with Crippen molar-refractivity contribution in [2.45, 2.75) is 38.7 Å². The minimum atomic E-state index is -1.10. The number of aliphatic imine (C=N–C) groups is 1. The molecule has 0 amide bonds. The molecule has 2 heterocycles. The molecule has 1 aliphatic heterocycles. The number of rotatable bonds is 6. The lowest BCUT2D eigenvalue weighted by atomic mass is 9.90. The highest BCUT2D eigenvalue weighted by molar-refractivity contribution is 14.0. The summed E-state index contributed by atoms with van der Waals surface area (Å²) in [6, 6.07) is 14.3. The lowest BCUT2D eigenvalue weighted by molar-refractivity contribution is 0.0433. The number of guanidine groups is 1. The number of halogens is 1. The zero-order valence-electron chi connectivity index (χ0n) is 16.8. The molecule has 1 unspecified atom stereocenters. The topological polar surface area (TPSA) is 61.0 Å². The second kappa shape index (κ2) is 10.9. The Morgan fingerprint density at radius 3 is 2.54 bits per heavy atom. The molecule has 2 N–H and O–H groups in total. The molecule has 0 saturated carbocycles. The molecule has 154 valence electrons. The van der Waals surface area contributed by atoms with Crippen LogP contribution in [0.25, 0.3) is 0 Å². The molecule has 2 aromatic rings. The van der Waals surface area contributed by atoms with Gasteiger partial charge in [-0.05, 0) is 56.7 Å². The molecule has 0 aliphatic carbocycles. The summed E-state index contributed by atoms with van der Waals surface area (Å²) < 4.78 is 5.35. The molecule has 3 rings (SSSR count). The molecular weight excluding hydrogens is 465 g/mol. The van der Waals surface area contributed by atoms with Crippen molar-refractivity contribution >= 4 is 29.9 Å². The van der Waals surface area contributed by atoms with Gasteiger partial charge < -0.3 is 19.7 Å². The van der Waals surface area contributed by atoms with E-state index in [0.29, 0.717) is 5.76 Å². The molecule has 1 aliphatic rings. The molecule has 1 atom stereocenters. The Kier molecular flexibility index (Phi) is 8.82. The third kappa shape index (κ3) is 6.24. The maximum absolute atomic E-state index is 10.6. The quantitative estimate of drug-likeness (QED) is 0.360. The molecule has 0 bridgehead atoms. The zero-order chi connectivity index (χ0) is 19.1. The average molecular weight is 497 g/mol. The van der Waals surface area contributed by atoms with Gasteiger partial charge in [0.05, 0.1) is 12.8 Å². The molecule has 1 aromatic carbocycles. The van der Waals surface area contributed by atoms with Crippen LogP contribution in [0.5, 0.6) is 0 Å². The number of nitrogens with one attached hydrogen (secondary N) is 1. The highest BCUT2D eigenvalue weighted by Crippen LogP contribution is 2.23. The van der Waals surface area contributed by atoms with Crippen LogP contribution in [0.15, 0.2) is 58.1 Å². The Balaban J connectivity index is 0.00000280. The molecule has 1 fully saturated rings. The van der Waals surface area contributed by atoms with Gasteiger partial charge >= 0.3 is 0 Å². The fourth-order valence-electron chi connectivity index (χ4n) is 3.61. The van der Waals surface area contributed by atoms with Crippen LogP contribution in [-0.2, 0) is 12.0 Å². The maximum atomic E-state index is 10.6. The molecule has 0 spiro atoms. The number of benzene rings is 1. The minimum Gasteiger partial charge on any atom is -0.466 e. The van der Waals surface area contributed by atoms with E-state index >= 15 is 0 Å². The number of likely N-dealkylation sites (tertiary alicyclic amines) is 1. The van der Waals surface area contributed by atoms with E-state index in [1.165, 1.54) is 5.56 Å². The minimum absolute atomic E-state index is 0. The van der Waals surface area contributed by atoms with Gasteiger partial charge in [-0.15, -0.1) is 24.0 Å². The summed E-state index contributed by atoms with van der Waals surface area (Å²) in [5, 5.41) is 14.0.